The first-order valence-electron chi connectivity index (χ1n) is 13.0. The molecule has 11 unspecified atom stereocenters. The number of carbonyl (C=O) groups is 1. The Morgan fingerprint density at radius 3 is 1.73 bits per heavy atom. The lowest BCUT2D eigenvalue weighted by Crippen LogP contribution is -2.60. The van der Waals surface area contributed by atoms with Gasteiger partial charge in [-0.15, -0.1) is 0 Å². The van der Waals surface area contributed by atoms with Gasteiger partial charge < -0.3 is 64.5 Å². The van der Waals surface area contributed by atoms with E-state index < -0.39 is 80.7 Å². The van der Waals surface area contributed by atoms with Crippen molar-refractivity contribution in [2.75, 3.05) is 13.2 Å². The Hall–Kier alpha value is -2.89. The second kappa shape index (κ2) is 12.1. The van der Waals surface area contributed by atoms with Crippen LogP contribution in [0.25, 0.3) is 0 Å². The van der Waals surface area contributed by atoms with Crippen LogP contribution in [-0.2, 0) is 9.47 Å². The molecule has 0 spiro atoms. The Kier molecular flexibility index (Phi) is 8.77. The molecule has 14 heteroatoms. The molecule has 2 fully saturated rings. The molecule has 0 amide bonds. The summed E-state index contributed by atoms with van der Waals surface area (Å²) in [5.41, 5.74) is 0.926. The normalized spacial score (nSPS) is 37.2. The number of hydrogen-bond donors (Lipinski definition) is 8. The van der Waals surface area contributed by atoms with Gasteiger partial charge in [0.1, 0.15) is 72.2 Å². The van der Waals surface area contributed by atoms with E-state index in [1.54, 1.807) is 24.3 Å². The molecule has 0 saturated carbocycles. The SMILES string of the molecule is O=C1CC(c2ccc(OC3OC(CO)C(O)C(O)C3O)cc2)Oc2cc(OC3OC(CO)C(O)C(O)C3O)ccc21. The van der Waals surface area contributed by atoms with Crippen molar-refractivity contribution in [3.8, 4) is 17.2 Å². The maximum Gasteiger partial charge on any atom is 0.229 e. The van der Waals surface area contributed by atoms with Crippen molar-refractivity contribution in [3.05, 3.63) is 53.6 Å². The molecule has 14 nitrogen and oxygen atoms in total. The summed E-state index contributed by atoms with van der Waals surface area (Å²) in [4.78, 5) is 12.9. The third kappa shape index (κ3) is 5.89. The van der Waals surface area contributed by atoms with Crippen molar-refractivity contribution in [1.29, 1.82) is 0 Å². The maximum atomic E-state index is 12.9. The van der Waals surface area contributed by atoms with E-state index in [1.165, 1.54) is 18.2 Å². The van der Waals surface area contributed by atoms with Gasteiger partial charge in [0.2, 0.25) is 12.6 Å². The van der Waals surface area contributed by atoms with Gasteiger partial charge in [0, 0.05) is 6.07 Å². The zero-order valence-electron chi connectivity index (χ0n) is 21.5. The van der Waals surface area contributed by atoms with Gasteiger partial charge in [-0.3, -0.25) is 4.79 Å². The van der Waals surface area contributed by atoms with E-state index in [-0.39, 0.29) is 29.5 Å². The quantitative estimate of drug-likeness (QED) is 0.173. The van der Waals surface area contributed by atoms with Crippen LogP contribution >= 0.6 is 0 Å². The molecule has 8 N–H and O–H groups in total. The number of aliphatic hydroxyl groups excluding tert-OH is 8. The molecule has 0 aromatic heterocycles. The van der Waals surface area contributed by atoms with Gasteiger partial charge in [-0.1, -0.05) is 12.1 Å². The Bertz CT molecular complexity index is 1200. The number of Topliss-reactive ketones (excluding diaryl/α,β-unsaturated/α-hetero) is 1. The minimum absolute atomic E-state index is 0.0346. The number of fused-ring (bicyclic) bond motifs is 1. The Morgan fingerprint density at radius 1 is 0.683 bits per heavy atom. The summed E-state index contributed by atoms with van der Waals surface area (Å²) in [6.45, 7) is -1.20. The monoisotopic (exact) mass is 580 g/mol. The molecule has 3 heterocycles. The van der Waals surface area contributed by atoms with Gasteiger partial charge in [-0.05, 0) is 29.8 Å². The number of aliphatic hydroxyl groups is 8. The van der Waals surface area contributed by atoms with Crippen LogP contribution in [0.1, 0.15) is 28.4 Å². The molecule has 0 aliphatic carbocycles. The van der Waals surface area contributed by atoms with Gasteiger partial charge in [0.15, 0.2) is 5.78 Å². The molecule has 3 aliphatic heterocycles. The molecule has 2 aromatic carbocycles. The van der Waals surface area contributed by atoms with E-state index >= 15 is 0 Å². The molecule has 2 saturated heterocycles. The first-order chi connectivity index (χ1) is 19.6. The largest absolute Gasteiger partial charge is 0.484 e. The molecule has 3 aliphatic rings. The molecule has 224 valence electrons. The zero-order valence-corrected chi connectivity index (χ0v) is 21.5. The van der Waals surface area contributed by atoms with Crippen molar-refractivity contribution in [2.24, 2.45) is 0 Å². The number of ether oxygens (including phenoxy) is 5. The van der Waals surface area contributed by atoms with Gasteiger partial charge in [-0.25, -0.2) is 0 Å². The minimum Gasteiger partial charge on any atom is -0.484 e. The fourth-order valence-corrected chi connectivity index (χ4v) is 4.92. The van der Waals surface area contributed by atoms with Crippen LogP contribution < -0.4 is 14.2 Å². The Morgan fingerprint density at radius 2 is 1.20 bits per heavy atom. The molecule has 0 radical (unpaired) electrons. The van der Waals surface area contributed by atoms with Crippen molar-refractivity contribution in [1.82, 2.24) is 0 Å². The summed E-state index contributed by atoms with van der Waals surface area (Å²) in [6.07, 6.45) is -15.1. The third-order valence-electron chi connectivity index (χ3n) is 7.35. The van der Waals surface area contributed by atoms with Crippen LogP contribution in [0.3, 0.4) is 0 Å². The van der Waals surface area contributed by atoms with E-state index in [0.29, 0.717) is 11.1 Å². The summed E-state index contributed by atoms with van der Waals surface area (Å²) in [7, 11) is 0. The molecule has 5 rings (SSSR count). The van der Waals surface area contributed by atoms with Crippen LogP contribution in [-0.4, -0.2) is 121 Å². The summed E-state index contributed by atoms with van der Waals surface area (Å²) in [6, 6.07) is 10.7. The second-order valence-corrected chi connectivity index (χ2v) is 10.1. The van der Waals surface area contributed by atoms with E-state index in [2.05, 4.69) is 0 Å². The fourth-order valence-electron chi connectivity index (χ4n) is 4.92. The highest BCUT2D eigenvalue weighted by atomic mass is 16.7. The number of rotatable bonds is 7. The minimum atomic E-state index is -1.61. The van der Waals surface area contributed by atoms with Crippen molar-refractivity contribution < 1.29 is 69.3 Å². The maximum absolute atomic E-state index is 12.9. The van der Waals surface area contributed by atoms with Crippen LogP contribution in [0.15, 0.2) is 42.5 Å². The van der Waals surface area contributed by atoms with Gasteiger partial charge in [0.25, 0.3) is 0 Å². The van der Waals surface area contributed by atoms with Crippen LogP contribution in [0.4, 0.5) is 0 Å². The standard InChI is InChI=1S/C27H32O14/c28-9-18-20(31)22(33)24(35)26(40-18)37-12-3-1-11(2-4-12)16-8-15(30)14-6-5-13(7-17(14)39-16)38-27-25(36)23(34)21(32)19(10-29)41-27/h1-7,16,18-29,31-36H,8-10H2. The predicted octanol–water partition coefficient (Wildman–Crippen LogP) is -2.25. The number of benzene rings is 2. The van der Waals surface area contributed by atoms with Gasteiger partial charge in [-0.2, -0.15) is 0 Å². The Labute approximate surface area is 233 Å². The molecular formula is C27H32O14. The lowest BCUT2D eigenvalue weighted by Gasteiger charge is -2.39. The van der Waals surface area contributed by atoms with Gasteiger partial charge in [0.05, 0.1) is 25.2 Å². The first kappa shape index (κ1) is 29.6. The molecule has 2 aromatic rings. The first-order valence-corrected chi connectivity index (χ1v) is 13.0. The number of ketones is 1. The van der Waals surface area contributed by atoms with Crippen molar-refractivity contribution in [2.45, 2.75) is 73.9 Å². The summed E-state index contributed by atoms with van der Waals surface area (Å²) in [5, 5.41) is 79.0. The molecule has 11 atom stereocenters. The number of hydrogen-bond acceptors (Lipinski definition) is 14. The average molecular weight is 581 g/mol. The van der Waals surface area contributed by atoms with E-state index in [0.717, 1.165) is 0 Å². The van der Waals surface area contributed by atoms with Crippen LogP contribution in [0.5, 0.6) is 17.2 Å². The summed E-state index contributed by atoms with van der Waals surface area (Å²) in [5.74, 6) is 0.396. The molecular weight excluding hydrogens is 548 g/mol. The summed E-state index contributed by atoms with van der Waals surface area (Å²) >= 11 is 0. The average Bonchev–Trinajstić information content (AvgIpc) is 2.97. The molecule has 0 bridgehead atoms. The Balaban J connectivity index is 1.26. The van der Waals surface area contributed by atoms with E-state index in [1.807, 2.05) is 0 Å². The second-order valence-electron chi connectivity index (χ2n) is 10.1. The summed E-state index contributed by atoms with van der Waals surface area (Å²) < 4.78 is 28.0. The predicted molar refractivity (Wildman–Crippen MR) is 134 cm³/mol. The lowest BCUT2D eigenvalue weighted by molar-refractivity contribution is -0.277. The third-order valence-corrected chi connectivity index (χ3v) is 7.35. The smallest absolute Gasteiger partial charge is 0.229 e. The fraction of sp³-hybridized carbons (Fsp3) is 0.519. The lowest BCUT2D eigenvalue weighted by atomic mass is 9.96. The van der Waals surface area contributed by atoms with Gasteiger partial charge >= 0.3 is 0 Å². The topological polar surface area (TPSA) is 225 Å². The van der Waals surface area contributed by atoms with Crippen LogP contribution in [0.2, 0.25) is 0 Å². The molecule has 41 heavy (non-hydrogen) atoms. The zero-order chi connectivity index (χ0) is 29.4. The number of carbonyl (C=O) groups excluding carboxylic acids is 1. The highest BCUT2D eigenvalue weighted by molar-refractivity contribution is 6.00. The van der Waals surface area contributed by atoms with Crippen LogP contribution in [0, 0.1) is 0 Å². The van der Waals surface area contributed by atoms with Crippen molar-refractivity contribution >= 4 is 5.78 Å². The van der Waals surface area contributed by atoms with Crippen molar-refractivity contribution in [3.63, 3.8) is 0 Å². The highest BCUT2D eigenvalue weighted by Gasteiger charge is 2.46. The van der Waals surface area contributed by atoms with E-state index in [4.69, 9.17) is 23.7 Å². The highest BCUT2D eigenvalue weighted by Crippen LogP contribution is 2.38. The van der Waals surface area contributed by atoms with E-state index in [9.17, 15) is 45.6 Å².